The van der Waals surface area contributed by atoms with E-state index in [9.17, 15) is 9.59 Å². The molecule has 4 nitrogen and oxygen atoms in total. The van der Waals surface area contributed by atoms with Crippen LogP contribution in [0.25, 0.3) is 0 Å². The number of halogens is 1. The van der Waals surface area contributed by atoms with Crippen molar-refractivity contribution in [3.63, 3.8) is 0 Å². The van der Waals surface area contributed by atoms with E-state index in [0.717, 1.165) is 0 Å². The second-order valence-electron chi connectivity index (χ2n) is 6.02. The van der Waals surface area contributed by atoms with Gasteiger partial charge >= 0.3 is 0 Å². The summed E-state index contributed by atoms with van der Waals surface area (Å²) in [5, 5.41) is 5.98. The molecule has 0 aliphatic rings. The normalized spacial score (nSPS) is 10.4. The predicted octanol–water partition coefficient (Wildman–Crippen LogP) is 3.44. The smallest absolute Gasteiger partial charge is 0.252 e. The van der Waals surface area contributed by atoms with Crippen LogP contribution in [0.3, 0.4) is 0 Å². The zero-order valence-corrected chi connectivity index (χ0v) is 15.3. The second kappa shape index (κ2) is 9.23. The van der Waals surface area contributed by atoms with E-state index in [-0.39, 0.29) is 11.8 Å². The Balaban J connectivity index is 1.68. The van der Waals surface area contributed by atoms with Gasteiger partial charge in [0.05, 0.1) is 10.6 Å². The van der Waals surface area contributed by atoms with Gasteiger partial charge < -0.3 is 10.6 Å². The molecule has 0 aromatic heterocycles. The minimum Gasteiger partial charge on any atom is -0.354 e. The fourth-order valence-electron chi connectivity index (χ4n) is 2.58. The van der Waals surface area contributed by atoms with Gasteiger partial charge in [0.2, 0.25) is 5.91 Å². The van der Waals surface area contributed by atoms with Crippen LogP contribution < -0.4 is 10.6 Å². The van der Waals surface area contributed by atoms with E-state index in [1.54, 1.807) is 24.3 Å². The lowest BCUT2D eigenvalue weighted by molar-refractivity contribution is -0.121. The van der Waals surface area contributed by atoms with Crippen LogP contribution in [0.5, 0.6) is 0 Å². The summed E-state index contributed by atoms with van der Waals surface area (Å²) in [6, 6.07) is 13.1. The summed E-state index contributed by atoms with van der Waals surface area (Å²) in [6.07, 6.45) is 1.15. The summed E-state index contributed by atoms with van der Waals surface area (Å²) in [6.45, 7) is 4.87. The molecule has 2 rings (SSSR count). The molecule has 0 bridgehead atoms. The summed E-state index contributed by atoms with van der Waals surface area (Å²) in [7, 11) is 0. The van der Waals surface area contributed by atoms with Crippen molar-refractivity contribution in [2.45, 2.75) is 26.7 Å². The van der Waals surface area contributed by atoms with Gasteiger partial charge in [0.1, 0.15) is 0 Å². The van der Waals surface area contributed by atoms with Crippen molar-refractivity contribution < 1.29 is 9.59 Å². The van der Waals surface area contributed by atoms with E-state index >= 15 is 0 Å². The van der Waals surface area contributed by atoms with Gasteiger partial charge in [-0.15, -0.1) is 0 Å². The molecule has 2 aromatic carbocycles. The molecule has 2 N–H and O–H groups in total. The van der Waals surface area contributed by atoms with Crippen LogP contribution in [0, 0.1) is 13.8 Å². The molecule has 2 amide bonds. The zero-order valence-electron chi connectivity index (χ0n) is 14.6. The zero-order chi connectivity index (χ0) is 18.2. The molecule has 0 atom stereocenters. The Morgan fingerprint density at radius 2 is 1.72 bits per heavy atom. The monoisotopic (exact) mass is 358 g/mol. The molecule has 2 aromatic rings. The summed E-state index contributed by atoms with van der Waals surface area (Å²) in [5.74, 6) is -0.262. The number of benzene rings is 2. The van der Waals surface area contributed by atoms with Crippen LogP contribution in [0.4, 0.5) is 0 Å². The Hall–Kier alpha value is -2.33. The maximum Gasteiger partial charge on any atom is 0.252 e. The number of amides is 2. The SMILES string of the molecule is Cc1ccc(CCC(=O)NCCNC(=O)c2ccccc2Cl)c(C)c1. The number of hydrogen-bond acceptors (Lipinski definition) is 2. The fraction of sp³-hybridized carbons (Fsp3) is 0.300. The van der Waals surface area contributed by atoms with E-state index in [2.05, 4.69) is 42.7 Å². The Morgan fingerprint density at radius 3 is 2.44 bits per heavy atom. The first-order valence-electron chi connectivity index (χ1n) is 8.33. The first-order valence-corrected chi connectivity index (χ1v) is 8.70. The van der Waals surface area contributed by atoms with Crippen LogP contribution in [0.1, 0.15) is 33.5 Å². The number of carbonyl (C=O) groups excluding carboxylic acids is 2. The van der Waals surface area contributed by atoms with Crippen molar-refractivity contribution in [1.82, 2.24) is 10.6 Å². The van der Waals surface area contributed by atoms with Gasteiger partial charge in [0, 0.05) is 19.5 Å². The van der Waals surface area contributed by atoms with Gasteiger partial charge in [0.15, 0.2) is 0 Å². The van der Waals surface area contributed by atoms with Crippen LogP contribution in [-0.4, -0.2) is 24.9 Å². The molecular formula is C20H23ClN2O2. The number of nitrogens with one attached hydrogen (secondary N) is 2. The maximum atomic E-state index is 12.0. The Bertz CT molecular complexity index is 759. The van der Waals surface area contributed by atoms with Gasteiger partial charge in [-0.2, -0.15) is 0 Å². The lowest BCUT2D eigenvalue weighted by atomic mass is 10.0. The molecule has 0 saturated carbocycles. The minimum absolute atomic E-state index is 0.0213. The molecular weight excluding hydrogens is 336 g/mol. The third kappa shape index (κ3) is 5.91. The van der Waals surface area contributed by atoms with E-state index in [1.165, 1.54) is 16.7 Å². The molecule has 0 unspecified atom stereocenters. The first kappa shape index (κ1) is 19.0. The third-order valence-electron chi connectivity index (χ3n) is 3.97. The molecule has 25 heavy (non-hydrogen) atoms. The highest BCUT2D eigenvalue weighted by Crippen LogP contribution is 2.14. The van der Waals surface area contributed by atoms with E-state index in [1.807, 2.05) is 0 Å². The molecule has 132 valence electrons. The number of carbonyl (C=O) groups is 2. The highest BCUT2D eigenvalue weighted by atomic mass is 35.5. The lowest BCUT2D eigenvalue weighted by Crippen LogP contribution is -2.34. The standard InChI is InChI=1S/C20H23ClN2O2/c1-14-7-8-16(15(2)13-14)9-10-19(24)22-11-12-23-20(25)17-5-3-4-6-18(17)21/h3-8,13H,9-12H2,1-2H3,(H,22,24)(H,23,25). The molecule has 0 spiro atoms. The van der Waals surface area contributed by atoms with Crippen molar-refractivity contribution in [2.24, 2.45) is 0 Å². The number of hydrogen-bond donors (Lipinski definition) is 2. The van der Waals surface area contributed by atoms with Crippen molar-refractivity contribution in [2.75, 3.05) is 13.1 Å². The molecule has 0 aliphatic heterocycles. The Labute approximate surface area is 153 Å². The van der Waals surface area contributed by atoms with Gasteiger partial charge in [-0.25, -0.2) is 0 Å². The van der Waals surface area contributed by atoms with Crippen molar-refractivity contribution in [3.8, 4) is 0 Å². The maximum absolute atomic E-state index is 12.0. The summed E-state index contributed by atoms with van der Waals surface area (Å²) < 4.78 is 0. The van der Waals surface area contributed by atoms with Crippen molar-refractivity contribution in [1.29, 1.82) is 0 Å². The summed E-state index contributed by atoms with van der Waals surface area (Å²) in [4.78, 5) is 23.9. The van der Waals surface area contributed by atoms with Gasteiger partial charge in [-0.1, -0.05) is 47.5 Å². The predicted molar refractivity (Wildman–Crippen MR) is 101 cm³/mol. The van der Waals surface area contributed by atoms with Crippen LogP contribution in [0.15, 0.2) is 42.5 Å². The van der Waals surface area contributed by atoms with Gasteiger partial charge in [-0.3, -0.25) is 9.59 Å². The highest BCUT2D eigenvalue weighted by molar-refractivity contribution is 6.33. The topological polar surface area (TPSA) is 58.2 Å². The lowest BCUT2D eigenvalue weighted by Gasteiger charge is -2.09. The largest absolute Gasteiger partial charge is 0.354 e. The van der Waals surface area contributed by atoms with Crippen molar-refractivity contribution >= 4 is 23.4 Å². The van der Waals surface area contributed by atoms with E-state index in [4.69, 9.17) is 11.6 Å². The van der Waals surface area contributed by atoms with Gasteiger partial charge in [0.25, 0.3) is 5.91 Å². The Morgan fingerprint density at radius 1 is 1.00 bits per heavy atom. The quantitative estimate of drug-likeness (QED) is 0.745. The highest BCUT2D eigenvalue weighted by Gasteiger charge is 2.09. The number of rotatable bonds is 7. The second-order valence-corrected chi connectivity index (χ2v) is 6.42. The molecule has 5 heteroatoms. The fourth-order valence-corrected chi connectivity index (χ4v) is 2.80. The molecule has 0 radical (unpaired) electrons. The van der Waals surface area contributed by atoms with E-state index in [0.29, 0.717) is 36.5 Å². The van der Waals surface area contributed by atoms with Crippen LogP contribution in [0.2, 0.25) is 5.02 Å². The number of aryl methyl sites for hydroxylation is 3. The minimum atomic E-state index is -0.241. The molecule has 0 saturated heterocycles. The van der Waals surface area contributed by atoms with Crippen LogP contribution in [-0.2, 0) is 11.2 Å². The third-order valence-corrected chi connectivity index (χ3v) is 4.30. The van der Waals surface area contributed by atoms with E-state index < -0.39 is 0 Å². The first-order chi connectivity index (χ1) is 12.0. The average molecular weight is 359 g/mol. The van der Waals surface area contributed by atoms with Gasteiger partial charge in [-0.05, 0) is 43.5 Å². The van der Waals surface area contributed by atoms with Crippen LogP contribution >= 0.6 is 11.6 Å². The molecule has 0 heterocycles. The summed E-state index contributed by atoms with van der Waals surface area (Å²) >= 11 is 5.97. The molecule has 0 aliphatic carbocycles. The Kier molecular flexibility index (Phi) is 7.02. The average Bonchev–Trinajstić information content (AvgIpc) is 2.58. The molecule has 0 fully saturated rings. The van der Waals surface area contributed by atoms with Crippen molar-refractivity contribution in [3.05, 3.63) is 69.7 Å². The summed E-state index contributed by atoms with van der Waals surface area (Å²) in [5.41, 5.74) is 4.05.